The molecule has 6 nitrogen and oxygen atoms in total. The Morgan fingerprint density at radius 2 is 2.00 bits per heavy atom. The number of amides is 2. The van der Waals surface area contributed by atoms with Crippen molar-refractivity contribution >= 4 is 22.7 Å². The third kappa shape index (κ3) is 2.68. The van der Waals surface area contributed by atoms with Gasteiger partial charge in [-0.3, -0.25) is 9.59 Å². The maximum atomic E-state index is 13.1. The summed E-state index contributed by atoms with van der Waals surface area (Å²) in [6.07, 6.45) is 2.21. The molecule has 2 amide bonds. The Morgan fingerprint density at radius 1 is 1.14 bits per heavy atom. The van der Waals surface area contributed by atoms with E-state index in [2.05, 4.69) is 10.3 Å². The molecule has 0 aliphatic carbocycles. The second kappa shape index (κ2) is 6.49. The maximum absolute atomic E-state index is 13.1. The van der Waals surface area contributed by atoms with Crippen molar-refractivity contribution in [2.24, 2.45) is 0 Å². The number of carbonyl (C=O) groups is 2. The van der Waals surface area contributed by atoms with Gasteiger partial charge in [-0.1, -0.05) is 30.3 Å². The van der Waals surface area contributed by atoms with Gasteiger partial charge in [-0.15, -0.1) is 0 Å². The molecule has 2 fully saturated rings. The van der Waals surface area contributed by atoms with E-state index in [0.29, 0.717) is 25.1 Å². The van der Waals surface area contributed by atoms with Gasteiger partial charge in [-0.05, 0) is 36.2 Å². The van der Waals surface area contributed by atoms with Gasteiger partial charge in [0.2, 0.25) is 5.91 Å². The molecule has 2 saturated heterocycles. The zero-order chi connectivity index (χ0) is 19.1. The average Bonchev–Trinajstić information content (AvgIpc) is 3.21. The summed E-state index contributed by atoms with van der Waals surface area (Å²) in [7, 11) is 0. The number of morpholine rings is 1. The number of aromatic nitrogens is 1. The molecule has 142 valence electrons. The summed E-state index contributed by atoms with van der Waals surface area (Å²) in [5.41, 5.74) is 2.11. The minimum absolute atomic E-state index is 0.00902. The number of piperidine rings is 1. The highest BCUT2D eigenvalue weighted by atomic mass is 16.5. The number of benzene rings is 2. The number of fused-ring (bicyclic) bond motifs is 2. The highest BCUT2D eigenvalue weighted by Crippen LogP contribution is 2.37. The van der Waals surface area contributed by atoms with Crippen molar-refractivity contribution in [3.8, 4) is 0 Å². The molecule has 2 aliphatic rings. The molecule has 0 unspecified atom stereocenters. The summed E-state index contributed by atoms with van der Waals surface area (Å²) in [5.74, 6) is -0.122. The minimum Gasteiger partial charge on any atom is -0.364 e. The van der Waals surface area contributed by atoms with Crippen LogP contribution in [0.2, 0.25) is 0 Å². The molecule has 2 N–H and O–H groups in total. The molecule has 2 aromatic carbocycles. The normalized spacial score (nSPS) is 24.6. The van der Waals surface area contributed by atoms with Gasteiger partial charge in [0.25, 0.3) is 5.91 Å². The SMILES string of the molecule is O=C1CO[C@@H]2CN(C(=O)c3ccc4[nH]ccc4c3)CC[C@@]2(c2ccccc2)N1. The number of H-pyrrole nitrogens is 1. The molecule has 0 spiro atoms. The van der Waals surface area contributed by atoms with Crippen molar-refractivity contribution in [2.75, 3.05) is 19.7 Å². The van der Waals surface area contributed by atoms with Crippen LogP contribution in [0.1, 0.15) is 22.3 Å². The second-order valence-corrected chi connectivity index (χ2v) is 7.47. The zero-order valence-corrected chi connectivity index (χ0v) is 15.4. The lowest BCUT2D eigenvalue weighted by Gasteiger charge is -2.50. The average molecular weight is 375 g/mol. The molecule has 3 heterocycles. The van der Waals surface area contributed by atoms with Crippen LogP contribution in [0.3, 0.4) is 0 Å². The van der Waals surface area contributed by atoms with Crippen LogP contribution >= 0.6 is 0 Å². The van der Waals surface area contributed by atoms with E-state index < -0.39 is 5.54 Å². The molecule has 2 atom stereocenters. The number of aromatic amines is 1. The molecule has 5 rings (SSSR count). The molecule has 0 radical (unpaired) electrons. The van der Waals surface area contributed by atoms with E-state index in [1.165, 1.54) is 0 Å². The molecule has 28 heavy (non-hydrogen) atoms. The molecular weight excluding hydrogens is 354 g/mol. The first kappa shape index (κ1) is 17.0. The number of likely N-dealkylation sites (tertiary alicyclic amines) is 1. The van der Waals surface area contributed by atoms with Gasteiger partial charge in [0, 0.05) is 35.8 Å². The fourth-order valence-corrected chi connectivity index (χ4v) is 4.41. The first-order valence-electron chi connectivity index (χ1n) is 9.50. The molecule has 2 aliphatic heterocycles. The Morgan fingerprint density at radius 3 is 2.86 bits per heavy atom. The summed E-state index contributed by atoms with van der Waals surface area (Å²) >= 11 is 0. The maximum Gasteiger partial charge on any atom is 0.253 e. The van der Waals surface area contributed by atoms with Crippen molar-refractivity contribution in [1.82, 2.24) is 15.2 Å². The Bertz CT molecular complexity index is 1050. The van der Waals surface area contributed by atoms with Crippen LogP contribution in [0.25, 0.3) is 10.9 Å². The van der Waals surface area contributed by atoms with Crippen molar-refractivity contribution in [1.29, 1.82) is 0 Å². The van der Waals surface area contributed by atoms with Crippen molar-refractivity contribution in [3.05, 3.63) is 71.9 Å². The number of nitrogens with one attached hydrogen (secondary N) is 2. The van der Waals surface area contributed by atoms with Crippen LogP contribution in [0.4, 0.5) is 0 Å². The summed E-state index contributed by atoms with van der Waals surface area (Å²) in [6, 6.07) is 17.6. The highest BCUT2D eigenvalue weighted by molar-refractivity contribution is 5.98. The number of hydrogen-bond donors (Lipinski definition) is 2. The summed E-state index contributed by atoms with van der Waals surface area (Å²) < 4.78 is 5.92. The number of carbonyl (C=O) groups excluding carboxylic acids is 2. The Balaban J connectivity index is 1.43. The van der Waals surface area contributed by atoms with Crippen molar-refractivity contribution in [3.63, 3.8) is 0 Å². The Hall–Kier alpha value is -3.12. The van der Waals surface area contributed by atoms with E-state index in [1.807, 2.05) is 65.7 Å². The van der Waals surface area contributed by atoms with Crippen LogP contribution in [0.5, 0.6) is 0 Å². The molecule has 1 aromatic heterocycles. The van der Waals surface area contributed by atoms with Gasteiger partial charge in [0.1, 0.15) is 12.7 Å². The number of rotatable bonds is 2. The molecule has 6 heteroatoms. The number of hydrogen-bond acceptors (Lipinski definition) is 3. The highest BCUT2D eigenvalue weighted by Gasteiger charge is 2.49. The van der Waals surface area contributed by atoms with Crippen LogP contribution < -0.4 is 5.32 Å². The van der Waals surface area contributed by atoms with E-state index in [-0.39, 0.29) is 24.5 Å². The van der Waals surface area contributed by atoms with Gasteiger partial charge in [0.05, 0.1) is 5.54 Å². The lowest BCUT2D eigenvalue weighted by molar-refractivity contribution is -0.150. The van der Waals surface area contributed by atoms with Crippen LogP contribution in [-0.2, 0) is 15.1 Å². The Kier molecular flexibility index (Phi) is 3.94. The molecule has 0 saturated carbocycles. The van der Waals surface area contributed by atoms with E-state index in [9.17, 15) is 9.59 Å². The quantitative estimate of drug-likeness (QED) is 0.722. The standard InChI is InChI=1S/C22H21N3O3/c26-20-14-28-19-13-25(11-9-22(19,24-20)17-4-2-1-3-5-17)21(27)16-6-7-18-15(12-16)8-10-23-18/h1-8,10,12,19,23H,9,11,13-14H2,(H,24,26)/t19-,22+/m1/s1. The molecule has 3 aromatic rings. The second-order valence-electron chi connectivity index (χ2n) is 7.47. The molecular formula is C22H21N3O3. The third-order valence-corrected chi connectivity index (χ3v) is 5.87. The molecule has 0 bridgehead atoms. The number of ether oxygens (including phenoxy) is 1. The largest absolute Gasteiger partial charge is 0.364 e. The van der Waals surface area contributed by atoms with E-state index in [1.54, 1.807) is 0 Å². The Labute approximate surface area is 162 Å². The van der Waals surface area contributed by atoms with Gasteiger partial charge in [0.15, 0.2) is 0 Å². The summed E-state index contributed by atoms with van der Waals surface area (Å²) in [4.78, 5) is 30.2. The van der Waals surface area contributed by atoms with Gasteiger partial charge < -0.3 is 19.9 Å². The van der Waals surface area contributed by atoms with Crippen LogP contribution in [0.15, 0.2) is 60.8 Å². The first-order valence-corrected chi connectivity index (χ1v) is 9.50. The lowest BCUT2D eigenvalue weighted by atomic mass is 9.77. The van der Waals surface area contributed by atoms with Crippen LogP contribution in [0, 0.1) is 0 Å². The fourth-order valence-electron chi connectivity index (χ4n) is 4.41. The monoisotopic (exact) mass is 375 g/mol. The van der Waals surface area contributed by atoms with Crippen molar-refractivity contribution < 1.29 is 14.3 Å². The predicted octanol–water partition coefficient (Wildman–Crippen LogP) is 2.42. The smallest absolute Gasteiger partial charge is 0.253 e. The van der Waals surface area contributed by atoms with E-state index in [0.717, 1.165) is 16.5 Å². The van der Waals surface area contributed by atoms with E-state index >= 15 is 0 Å². The summed E-state index contributed by atoms with van der Waals surface area (Å²) in [5, 5.41) is 4.18. The topological polar surface area (TPSA) is 74.4 Å². The van der Waals surface area contributed by atoms with E-state index in [4.69, 9.17) is 4.74 Å². The first-order chi connectivity index (χ1) is 13.7. The van der Waals surface area contributed by atoms with Crippen LogP contribution in [-0.4, -0.2) is 47.5 Å². The van der Waals surface area contributed by atoms with Crippen molar-refractivity contribution in [2.45, 2.75) is 18.1 Å². The van der Waals surface area contributed by atoms with Gasteiger partial charge >= 0.3 is 0 Å². The summed E-state index contributed by atoms with van der Waals surface area (Å²) in [6.45, 7) is 1.02. The van der Waals surface area contributed by atoms with Gasteiger partial charge in [-0.25, -0.2) is 0 Å². The predicted molar refractivity (Wildman–Crippen MR) is 105 cm³/mol. The third-order valence-electron chi connectivity index (χ3n) is 5.87. The fraction of sp³-hybridized carbons (Fsp3) is 0.273. The lowest BCUT2D eigenvalue weighted by Crippen LogP contribution is -2.67. The minimum atomic E-state index is -0.585. The van der Waals surface area contributed by atoms with Gasteiger partial charge in [-0.2, -0.15) is 0 Å². The number of nitrogens with zero attached hydrogens (tertiary/aromatic N) is 1. The zero-order valence-electron chi connectivity index (χ0n) is 15.4.